The molecule has 126 valence electrons. The van der Waals surface area contributed by atoms with Crippen LogP contribution in [0.5, 0.6) is 0 Å². The van der Waals surface area contributed by atoms with E-state index in [1.54, 1.807) is 20.8 Å². The molecule has 0 unspecified atom stereocenters. The van der Waals surface area contributed by atoms with Gasteiger partial charge in [-0.1, -0.05) is 12.1 Å². The molecule has 2 amide bonds. The molecule has 0 aliphatic heterocycles. The average molecular weight is 333 g/mol. The number of carbonyl (C=O) groups is 2. The fraction of sp³-hybridized carbons (Fsp3) is 0.235. The number of rotatable bonds is 2. The quantitative estimate of drug-likeness (QED) is 0.860. The standard InChI is InChI=1S/C17H17F2N3O2/c1-17(2,3)22(16(24)12-8-9-20-10-14(12)19)21-15(23)11-6-4-5-7-13(11)18/h4-10H,1-3H3,(H,21,23). The van der Waals surface area contributed by atoms with Crippen molar-refractivity contribution in [2.24, 2.45) is 0 Å². The third-order valence-electron chi connectivity index (χ3n) is 3.21. The molecule has 0 atom stereocenters. The minimum absolute atomic E-state index is 0.213. The van der Waals surface area contributed by atoms with Crippen LogP contribution in [0.2, 0.25) is 0 Å². The molecule has 0 aliphatic rings. The molecule has 24 heavy (non-hydrogen) atoms. The maximum atomic E-state index is 13.8. The van der Waals surface area contributed by atoms with Gasteiger partial charge in [-0.05, 0) is 39.0 Å². The number of benzene rings is 1. The second-order valence-electron chi connectivity index (χ2n) is 6.09. The third kappa shape index (κ3) is 3.73. The summed E-state index contributed by atoms with van der Waals surface area (Å²) in [6.07, 6.45) is 2.18. The summed E-state index contributed by atoms with van der Waals surface area (Å²) < 4.78 is 27.6. The Hall–Kier alpha value is -2.83. The molecule has 7 heteroatoms. The SMILES string of the molecule is CC(C)(C)N(NC(=O)c1ccccc1F)C(=O)c1ccncc1F. The van der Waals surface area contributed by atoms with Crippen LogP contribution >= 0.6 is 0 Å². The van der Waals surface area contributed by atoms with Crippen LogP contribution in [-0.2, 0) is 0 Å². The van der Waals surface area contributed by atoms with E-state index < -0.39 is 29.0 Å². The van der Waals surface area contributed by atoms with Gasteiger partial charge in [0.05, 0.1) is 22.9 Å². The zero-order valence-electron chi connectivity index (χ0n) is 13.5. The number of nitrogens with one attached hydrogen (secondary N) is 1. The van der Waals surface area contributed by atoms with Crippen LogP contribution in [-0.4, -0.2) is 27.3 Å². The lowest BCUT2D eigenvalue weighted by molar-refractivity contribution is 0.0353. The summed E-state index contributed by atoms with van der Waals surface area (Å²) in [5.41, 5.74) is 1.03. The van der Waals surface area contributed by atoms with Crippen molar-refractivity contribution in [2.45, 2.75) is 26.3 Å². The van der Waals surface area contributed by atoms with E-state index in [1.807, 2.05) is 0 Å². The van der Waals surface area contributed by atoms with Crippen molar-refractivity contribution in [1.29, 1.82) is 0 Å². The summed E-state index contributed by atoms with van der Waals surface area (Å²) >= 11 is 0. The largest absolute Gasteiger partial charge is 0.275 e. The second kappa shape index (κ2) is 6.74. The number of pyridine rings is 1. The first-order chi connectivity index (χ1) is 11.2. The van der Waals surface area contributed by atoms with E-state index in [-0.39, 0.29) is 11.1 Å². The minimum atomic E-state index is -0.867. The van der Waals surface area contributed by atoms with E-state index in [0.29, 0.717) is 0 Å². The van der Waals surface area contributed by atoms with Crippen molar-refractivity contribution in [3.8, 4) is 0 Å². The summed E-state index contributed by atoms with van der Waals surface area (Å²) in [6, 6.07) is 6.60. The van der Waals surface area contributed by atoms with Crippen molar-refractivity contribution in [1.82, 2.24) is 15.4 Å². The molecule has 1 heterocycles. The van der Waals surface area contributed by atoms with E-state index >= 15 is 0 Å². The molecule has 5 nitrogen and oxygen atoms in total. The minimum Gasteiger partial charge on any atom is -0.267 e. The normalized spacial score (nSPS) is 11.0. The molecule has 2 aromatic rings. The highest BCUT2D eigenvalue weighted by Gasteiger charge is 2.31. The smallest absolute Gasteiger partial charge is 0.267 e. The Bertz CT molecular complexity index is 772. The molecule has 2 rings (SSSR count). The molecule has 1 N–H and O–H groups in total. The molecule has 0 fully saturated rings. The lowest BCUT2D eigenvalue weighted by Gasteiger charge is -2.35. The Morgan fingerprint density at radius 2 is 1.71 bits per heavy atom. The maximum absolute atomic E-state index is 13.8. The molecular formula is C17H17F2N3O2. The van der Waals surface area contributed by atoms with Gasteiger partial charge in [0.25, 0.3) is 11.8 Å². The van der Waals surface area contributed by atoms with Gasteiger partial charge in [0.15, 0.2) is 5.82 Å². The molecule has 0 aliphatic carbocycles. The highest BCUT2D eigenvalue weighted by Crippen LogP contribution is 2.17. The summed E-state index contributed by atoms with van der Waals surface area (Å²) in [6.45, 7) is 4.98. The molecule has 0 saturated heterocycles. The lowest BCUT2D eigenvalue weighted by atomic mass is 10.1. The van der Waals surface area contributed by atoms with Crippen molar-refractivity contribution >= 4 is 11.8 Å². The van der Waals surface area contributed by atoms with Crippen LogP contribution < -0.4 is 5.43 Å². The van der Waals surface area contributed by atoms with Crippen molar-refractivity contribution in [3.63, 3.8) is 0 Å². The fourth-order valence-corrected chi connectivity index (χ4v) is 2.00. The van der Waals surface area contributed by atoms with E-state index in [9.17, 15) is 18.4 Å². The lowest BCUT2D eigenvalue weighted by Crippen LogP contribution is -2.56. The monoisotopic (exact) mass is 333 g/mol. The highest BCUT2D eigenvalue weighted by atomic mass is 19.1. The highest BCUT2D eigenvalue weighted by molar-refractivity contribution is 5.99. The van der Waals surface area contributed by atoms with Gasteiger partial charge in [-0.3, -0.25) is 20.0 Å². The van der Waals surface area contributed by atoms with Gasteiger partial charge >= 0.3 is 0 Å². The van der Waals surface area contributed by atoms with Crippen LogP contribution in [0.1, 0.15) is 41.5 Å². The first-order valence-corrected chi connectivity index (χ1v) is 7.21. The van der Waals surface area contributed by atoms with Crippen LogP contribution in [0, 0.1) is 11.6 Å². The van der Waals surface area contributed by atoms with Gasteiger partial charge in [-0.15, -0.1) is 0 Å². The van der Waals surface area contributed by atoms with Crippen molar-refractivity contribution in [3.05, 3.63) is 65.5 Å². The molecule has 1 aromatic carbocycles. The van der Waals surface area contributed by atoms with Crippen molar-refractivity contribution < 1.29 is 18.4 Å². The number of aromatic nitrogens is 1. The first kappa shape index (κ1) is 17.5. The Labute approximate surface area is 138 Å². The Morgan fingerprint density at radius 3 is 2.29 bits per heavy atom. The topological polar surface area (TPSA) is 62.3 Å². The summed E-state index contributed by atoms with van der Waals surface area (Å²) in [4.78, 5) is 28.5. The van der Waals surface area contributed by atoms with Crippen molar-refractivity contribution in [2.75, 3.05) is 0 Å². The average Bonchev–Trinajstić information content (AvgIpc) is 2.51. The van der Waals surface area contributed by atoms with Crippen LogP contribution in [0.15, 0.2) is 42.7 Å². The van der Waals surface area contributed by atoms with Gasteiger partial charge in [-0.2, -0.15) is 0 Å². The summed E-state index contributed by atoms with van der Waals surface area (Å²) in [5, 5.41) is 0.972. The predicted octanol–water partition coefficient (Wildman–Crippen LogP) is 2.95. The fourth-order valence-electron chi connectivity index (χ4n) is 2.00. The zero-order chi connectivity index (χ0) is 17.9. The zero-order valence-corrected chi connectivity index (χ0v) is 13.5. The van der Waals surface area contributed by atoms with Crippen LogP contribution in [0.3, 0.4) is 0 Å². The van der Waals surface area contributed by atoms with E-state index in [2.05, 4.69) is 10.4 Å². The van der Waals surface area contributed by atoms with Gasteiger partial charge in [0, 0.05) is 6.20 Å². The molecular weight excluding hydrogens is 316 g/mol. The Balaban J connectivity index is 2.34. The number of halogens is 2. The van der Waals surface area contributed by atoms with E-state index in [4.69, 9.17) is 0 Å². The number of hydrogen-bond acceptors (Lipinski definition) is 3. The summed E-state index contributed by atoms with van der Waals surface area (Å²) in [5.74, 6) is -3.08. The molecule has 1 aromatic heterocycles. The molecule has 0 bridgehead atoms. The number of hydrazine groups is 1. The maximum Gasteiger partial charge on any atom is 0.275 e. The molecule has 0 spiro atoms. The molecule has 0 saturated carbocycles. The van der Waals surface area contributed by atoms with E-state index in [1.165, 1.54) is 30.5 Å². The summed E-state index contributed by atoms with van der Waals surface area (Å²) in [7, 11) is 0. The number of nitrogens with zero attached hydrogens (tertiary/aromatic N) is 2. The second-order valence-corrected chi connectivity index (χ2v) is 6.09. The first-order valence-electron chi connectivity index (χ1n) is 7.21. The predicted molar refractivity (Wildman–Crippen MR) is 84.0 cm³/mol. The Morgan fingerprint density at radius 1 is 1.04 bits per heavy atom. The number of amides is 2. The molecule has 0 radical (unpaired) electrons. The Kier molecular flexibility index (Phi) is 4.92. The van der Waals surface area contributed by atoms with Gasteiger partial charge < -0.3 is 0 Å². The van der Waals surface area contributed by atoms with Crippen LogP contribution in [0.4, 0.5) is 8.78 Å². The van der Waals surface area contributed by atoms with Crippen LogP contribution in [0.25, 0.3) is 0 Å². The van der Waals surface area contributed by atoms with Gasteiger partial charge in [0.2, 0.25) is 0 Å². The number of hydrogen-bond donors (Lipinski definition) is 1. The van der Waals surface area contributed by atoms with Gasteiger partial charge in [0.1, 0.15) is 5.82 Å². The van der Waals surface area contributed by atoms with Gasteiger partial charge in [-0.25, -0.2) is 13.8 Å². The number of carbonyl (C=O) groups excluding carboxylic acids is 2. The third-order valence-corrected chi connectivity index (χ3v) is 3.21. The van der Waals surface area contributed by atoms with E-state index in [0.717, 1.165) is 17.3 Å².